The van der Waals surface area contributed by atoms with Crippen LogP contribution in [-0.4, -0.2) is 26.5 Å². The topological polar surface area (TPSA) is 85.4 Å². The average Bonchev–Trinajstić information content (AvgIpc) is 2.47. The Morgan fingerprint density at radius 3 is 2.70 bits per heavy atom. The van der Waals surface area contributed by atoms with Crippen molar-refractivity contribution in [2.45, 2.75) is 4.90 Å². The van der Waals surface area contributed by atoms with Crippen molar-refractivity contribution in [3.8, 4) is 0 Å². The number of anilines is 1. The zero-order valence-corrected chi connectivity index (χ0v) is 11.4. The van der Waals surface area contributed by atoms with Crippen LogP contribution in [0.3, 0.4) is 0 Å². The molecule has 0 fully saturated rings. The summed E-state index contributed by atoms with van der Waals surface area (Å²) >= 11 is 0. The molecule has 1 aromatic carbocycles. The van der Waals surface area contributed by atoms with Crippen molar-refractivity contribution in [1.29, 1.82) is 0 Å². The SMILES string of the molecule is COC(=O)c1cccc(NS(=O)(=O)c2cccnc2)c1. The van der Waals surface area contributed by atoms with Crippen LogP contribution in [0.2, 0.25) is 0 Å². The maximum absolute atomic E-state index is 12.1. The quantitative estimate of drug-likeness (QED) is 0.866. The minimum Gasteiger partial charge on any atom is -0.465 e. The number of methoxy groups -OCH3 is 1. The Hall–Kier alpha value is -2.41. The molecule has 0 aliphatic rings. The van der Waals surface area contributed by atoms with Gasteiger partial charge in [0.25, 0.3) is 10.0 Å². The fraction of sp³-hybridized carbons (Fsp3) is 0.0769. The molecule has 1 N–H and O–H groups in total. The van der Waals surface area contributed by atoms with E-state index in [0.29, 0.717) is 0 Å². The Morgan fingerprint density at radius 2 is 2.05 bits per heavy atom. The van der Waals surface area contributed by atoms with E-state index in [1.165, 1.54) is 43.8 Å². The molecule has 6 nitrogen and oxygen atoms in total. The maximum Gasteiger partial charge on any atom is 0.337 e. The van der Waals surface area contributed by atoms with E-state index < -0.39 is 16.0 Å². The molecule has 20 heavy (non-hydrogen) atoms. The number of esters is 1. The van der Waals surface area contributed by atoms with Gasteiger partial charge in [0, 0.05) is 18.1 Å². The molecule has 0 atom stereocenters. The second kappa shape index (κ2) is 5.70. The van der Waals surface area contributed by atoms with Crippen molar-refractivity contribution in [3.63, 3.8) is 0 Å². The highest BCUT2D eigenvalue weighted by Crippen LogP contribution is 2.16. The third kappa shape index (κ3) is 3.12. The minimum absolute atomic E-state index is 0.0449. The first-order valence-corrected chi connectivity index (χ1v) is 7.12. The standard InChI is InChI=1S/C13H12N2O4S/c1-19-13(16)10-4-2-5-11(8-10)15-20(17,18)12-6-3-7-14-9-12/h2-9,15H,1H3. The summed E-state index contributed by atoms with van der Waals surface area (Å²) in [6.07, 6.45) is 2.73. The predicted molar refractivity (Wildman–Crippen MR) is 72.8 cm³/mol. The fourth-order valence-corrected chi connectivity index (χ4v) is 2.56. The van der Waals surface area contributed by atoms with Gasteiger partial charge in [-0.15, -0.1) is 0 Å². The van der Waals surface area contributed by atoms with Crippen molar-refractivity contribution >= 4 is 21.7 Å². The molecule has 0 saturated heterocycles. The Balaban J connectivity index is 2.29. The van der Waals surface area contributed by atoms with Crippen molar-refractivity contribution in [2.24, 2.45) is 0 Å². The molecule has 2 aromatic rings. The van der Waals surface area contributed by atoms with Crippen molar-refractivity contribution in [2.75, 3.05) is 11.8 Å². The molecule has 0 aliphatic heterocycles. The minimum atomic E-state index is -3.73. The first-order chi connectivity index (χ1) is 9.53. The van der Waals surface area contributed by atoms with E-state index in [1.807, 2.05) is 0 Å². The first-order valence-electron chi connectivity index (χ1n) is 5.64. The van der Waals surface area contributed by atoms with Crippen LogP contribution in [0, 0.1) is 0 Å². The summed E-state index contributed by atoms with van der Waals surface area (Å²) < 4.78 is 31.1. The smallest absolute Gasteiger partial charge is 0.337 e. The summed E-state index contributed by atoms with van der Waals surface area (Å²) in [5.74, 6) is -0.535. The molecule has 0 saturated carbocycles. The predicted octanol–water partition coefficient (Wildman–Crippen LogP) is 1.67. The lowest BCUT2D eigenvalue weighted by Gasteiger charge is -2.08. The normalized spacial score (nSPS) is 10.8. The van der Waals surface area contributed by atoms with Gasteiger partial charge in [0.15, 0.2) is 0 Å². The fourth-order valence-electron chi connectivity index (χ4n) is 1.55. The van der Waals surface area contributed by atoms with Crippen LogP contribution in [0.4, 0.5) is 5.69 Å². The third-order valence-electron chi connectivity index (χ3n) is 2.48. The number of aromatic nitrogens is 1. The number of hydrogen-bond donors (Lipinski definition) is 1. The number of ether oxygens (including phenoxy) is 1. The van der Waals surface area contributed by atoms with Crippen LogP contribution in [0.5, 0.6) is 0 Å². The van der Waals surface area contributed by atoms with Crippen molar-refractivity contribution in [3.05, 3.63) is 54.4 Å². The molecule has 0 unspecified atom stereocenters. The van der Waals surface area contributed by atoms with Gasteiger partial charge in [-0.25, -0.2) is 13.2 Å². The zero-order valence-electron chi connectivity index (χ0n) is 10.6. The zero-order chi connectivity index (χ0) is 14.6. The van der Waals surface area contributed by atoms with Crippen LogP contribution in [0.1, 0.15) is 10.4 Å². The summed E-state index contributed by atoms with van der Waals surface area (Å²) in [4.78, 5) is 15.2. The molecule has 0 amide bonds. The molecular weight excluding hydrogens is 280 g/mol. The van der Waals surface area contributed by atoms with Crippen molar-refractivity contribution < 1.29 is 17.9 Å². The number of carbonyl (C=O) groups excluding carboxylic acids is 1. The molecule has 0 radical (unpaired) electrons. The van der Waals surface area contributed by atoms with Crippen molar-refractivity contribution in [1.82, 2.24) is 4.98 Å². The van der Waals surface area contributed by atoms with E-state index in [4.69, 9.17) is 0 Å². The molecule has 104 valence electrons. The molecule has 1 heterocycles. The largest absolute Gasteiger partial charge is 0.465 e. The van der Waals surface area contributed by atoms with E-state index in [2.05, 4.69) is 14.4 Å². The van der Waals surface area contributed by atoms with E-state index >= 15 is 0 Å². The van der Waals surface area contributed by atoms with E-state index in [9.17, 15) is 13.2 Å². The highest BCUT2D eigenvalue weighted by molar-refractivity contribution is 7.92. The number of pyridine rings is 1. The van der Waals surface area contributed by atoms with Crippen LogP contribution in [0.25, 0.3) is 0 Å². The Kier molecular flexibility index (Phi) is 3.99. The van der Waals surface area contributed by atoms with Gasteiger partial charge in [0.05, 0.1) is 12.7 Å². The third-order valence-corrected chi connectivity index (χ3v) is 3.85. The molecule has 1 aromatic heterocycles. The number of sulfonamides is 1. The van der Waals surface area contributed by atoms with Gasteiger partial charge in [-0.05, 0) is 30.3 Å². The van der Waals surface area contributed by atoms with Gasteiger partial charge in [0.2, 0.25) is 0 Å². The van der Waals surface area contributed by atoms with Crippen LogP contribution < -0.4 is 4.72 Å². The van der Waals surface area contributed by atoms with Gasteiger partial charge < -0.3 is 4.74 Å². The lowest BCUT2D eigenvalue weighted by Crippen LogP contribution is -2.13. The highest BCUT2D eigenvalue weighted by Gasteiger charge is 2.15. The molecule has 0 aliphatic carbocycles. The van der Waals surface area contributed by atoms with E-state index in [0.717, 1.165) is 0 Å². The van der Waals surface area contributed by atoms with Gasteiger partial charge in [0.1, 0.15) is 4.90 Å². The van der Waals surface area contributed by atoms with E-state index in [1.54, 1.807) is 12.1 Å². The number of benzene rings is 1. The summed E-state index contributed by atoms with van der Waals surface area (Å²) in [7, 11) is -2.47. The van der Waals surface area contributed by atoms with Gasteiger partial charge >= 0.3 is 5.97 Å². The molecule has 7 heteroatoms. The summed E-state index contributed by atoms with van der Waals surface area (Å²) in [5, 5.41) is 0. The van der Waals surface area contributed by atoms with Gasteiger partial charge in [-0.2, -0.15) is 0 Å². The summed E-state index contributed by atoms with van der Waals surface area (Å²) in [6, 6.07) is 9.00. The van der Waals surface area contributed by atoms with Gasteiger partial charge in [-0.1, -0.05) is 6.07 Å². The van der Waals surface area contributed by atoms with Gasteiger partial charge in [-0.3, -0.25) is 9.71 Å². The summed E-state index contributed by atoms with van der Waals surface area (Å²) in [6.45, 7) is 0. The number of rotatable bonds is 4. The second-order valence-corrected chi connectivity index (χ2v) is 5.55. The molecule has 0 bridgehead atoms. The highest BCUT2D eigenvalue weighted by atomic mass is 32.2. The number of carbonyl (C=O) groups is 1. The monoisotopic (exact) mass is 292 g/mol. The van der Waals surface area contributed by atoms with Crippen LogP contribution in [-0.2, 0) is 14.8 Å². The Labute approximate surface area is 116 Å². The Bertz CT molecular complexity index is 714. The summed E-state index contributed by atoms with van der Waals surface area (Å²) in [5.41, 5.74) is 0.538. The lowest BCUT2D eigenvalue weighted by atomic mass is 10.2. The second-order valence-electron chi connectivity index (χ2n) is 3.87. The molecular formula is C13H12N2O4S. The number of nitrogens with one attached hydrogen (secondary N) is 1. The lowest BCUT2D eigenvalue weighted by molar-refractivity contribution is 0.0601. The molecule has 0 spiro atoms. The average molecular weight is 292 g/mol. The van der Waals surface area contributed by atoms with Crippen LogP contribution >= 0.6 is 0 Å². The van der Waals surface area contributed by atoms with E-state index in [-0.39, 0.29) is 16.1 Å². The maximum atomic E-state index is 12.1. The first kappa shape index (κ1) is 14.0. The van der Waals surface area contributed by atoms with Crippen LogP contribution in [0.15, 0.2) is 53.7 Å². The Morgan fingerprint density at radius 1 is 1.25 bits per heavy atom. The number of nitrogens with zero attached hydrogens (tertiary/aromatic N) is 1. The number of hydrogen-bond acceptors (Lipinski definition) is 5. The molecule has 2 rings (SSSR count).